The number of nitrogens with zero attached hydrogens (tertiary/aromatic N) is 2. The summed E-state index contributed by atoms with van der Waals surface area (Å²) >= 11 is 2.17. The number of aromatic nitrogens is 2. The second-order valence-electron chi connectivity index (χ2n) is 6.94. The summed E-state index contributed by atoms with van der Waals surface area (Å²) in [5, 5.41) is 0.742. The Morgan fingerprint density at radius 3 is 2.36 bits per heavy atom. The van der Waals surface area contributed by atoms with E-state index in [4.69, 9.17) is 0 Å². The van der Waals surface area contributed by atoms with Gasteiger partial charge in [-0.05, 0) is 42.5 Å². The van der Waals surface area contributed by atoms with E-state index in [1.165, 1.54) is 35.6 Å². The molecule has 2 aromatic carbocycles. The van der Waals surface area contributed by atoms with E-state index in [2.05, 4.69) is 14.7 Å². The molecule has 5 aromatic rings. The van der Waals surface area contributed by atoms with Crippen LogP contribution in [0.15, 0.2) is 98.5 Å². The zero-order chi connectivity index (χ0) is 23.1. The summed E-state index contributed by atoms with van der Waals surface area (Å²) in [6.45, 7) is 0. The van der Waals surface area contributed by atoms with Crippen LogP contribution in [0.1, 0.15) is 0 Å². The lowest BCUT2D eigenvalue weighted by atomic mass is 10.2. The maximum Gasteiger partial charge on any atom is 0.271 e. The van der Waals surface area contributed by atoms with Crippen molar-refractivity contribution in [1.82, 2.24) is 9.97 Å². The SMILES string of the molecule is O=S(=O)(Nc1cccc(-c2nc3ccncc3s2)c1)c1ccc(S(=O)(=O)c2ccccc2)s1. The molecule has 0 spiro atoms. The fourth-order valence-corrected chi connectivity index (χ4v) is 8.30. The van der Waals surface area contributed by atoms with Gasteiger partial charge in [-0.2, -0.15) is 0 Å². The first-order valence-corrected chi connectivity index (χ1v) is 14.2. The fraction of sp³-hybridized carbons (Fsp3) is 0. The maximum atomic E-state index is 13.0. The number of pyridine rings is 1. The minimum Gasteiger partial charge on any atom is -0.279 e. The highest BCUT2D eigenvalue weighted by Gasteiger charge is 2.24. The van der Waals surface area contributed by atoms with Crippen molar-refractivity contribution in [3.63, 3.8) is 0 Å². The largest absolute Gasteiger partial charge is 0.279 e. The zero-order valence-corrected chi connectivity index (χ0v) is 20.0. The van der Waals surface area contributed by atoms with E-state index in [1.54, 1.807) is 48.8 Å². The second-order valence-corrected chi connectivity index (χ2v) is 13.1. The predicted molar refractivity (Wildman–Crippen MR) is 130 cm³/mol. The highest BCUT2D eigenvalue weighted by atomic mass is 32.3. The number of sulfonamides is 1. The lowest BCUT2D eigenvalue weighted by Gasteiger charge is -2.07. The van der Waals surface area contributed by atoms with Crippen molar-refractivity contribution in [3.8, 4) is 10.6 Å². The third kappa shape index (κ3) is 4.27. The van der Waals surface area contributed by atoms with Gasteiger partial charge < -0.3 is 0 Å². The number of anilines is 1. The van der Waals surface area contributed by atoms with E-state index in [0.717, 1.165) is 20.8 Å². The topological polar surface area (TPSA) is 106 Å². The predicted octanol–water partition coefficient (Wildman–Crippen LogP) is 5.05. The number of benzene rings is 2. The van der Waals surface area contributed by atoms with Gasteiger partial charge in [0.1, 0.15) is 13.4 Å². The van der Waals surface area contributed by atoms with Crippen LogP contribution in [0.3, 0.4) is 0 Å². The quantitative estimate of drug-likeness (QED) is 0.340. The van der Waals surface area contributed by atoms with Crippen molar-refractivity contribution in [3.05, 3.63) is 85.2 Å². The molecule has 33 heavy (non-hydrogen) atoms. The molecule has 0 bridgehead atoms. The molecule has 1 N–H and O–H groups in total. The van der Waals surface area contributed by atoms with Crippen LogP contribution in [0.4, 0.5) is 5.69 Å². The number of sulfone groups is 1. The molecule has 0 saturated heterocycles. The summed E-state index contributed by atoms with van der Waals surface area (Å²) in [7, 11) is -7.77. The molecule has 0 aliphatic carbocycles. The minimum atomic E-state index is -3.98. The molecule has 0 amide bonds. The van der Waals surface area contributed by atoms with Crippen molar-refractivity contribution in [2.75, 3.05) is 4.72 Å². The van der Waals surface area contributed by atoms with Gasteiger partial charge in [0.2, 0.25) is 9.84 Å². The van der Waals surface area contributed by atoms with Crippen molar-refractivity contribution in [2.45, 2.75) is 13.3 Å². The van der Waals surface area contributed by atoms with Gasteiger partial charge in [0, 0.05) is 23.6 Å². The molecule has 166 valence electrons. The van der Waals surface area contributed by atoms with Crippen LogP contribution in [0.2, 0.25) is 0 Å². The molecule has 0 fully saturated rings. The maximum absolute atomic E-state index is 13.0. The van der Waals surface area contributed by atoms with Crippen molar-refractivity contribution in [2.24, 2.45) is 0 Å². The summed E-state index contributed by atoms with van der Waals surface area (Å²) in [5.74, 6) is 0. The number of rotatable bonds is 6. The van der Waals surface area contributed by atoms with Gasteiger partial charge in [0.25, 0.3) is 10.0 Å². The Morgan fingerprint density at radius 2 is 1.58 bits per heavy atom. The highest BCUT2D eigenvalue weighted by Crippen LogP contribution is 2.33. The Labute approximate surface area is 198 Å². The van der Waals surface area contributed by atoms with Gasteiger partial charge in [-0.1, -0.05) is 30.3 Å². The van der Waals surface area contributed by atoms with E-state index >= 15 is 0 Å². The van der Waals surface area contributed by atoms with Gasteiger partial charge in [0.15, 0.2) is 0 Å². The number of thiophene rings is 1. The molecule has 0 aliphatic heterocycles. The molecule has 0 aliphatic rings. The van der Waals surface area contributed by atoms with Crippen LogP contribution in [-0.4, -0.2) is 26.8 Å². The van der Waals surface area contributed by atoms with Crippen LogP contribution in [0, 0.1) is 0 Å². The van der Waals surface area contributed by atoms with Gasteiger partial charge in [-0.3, -0.25) is 9.71 Å². The molecule has 7 nitrogen and oxygen atoms in total. The van der Waals surface area contributed by atoms with Crippen LogP contribution >= 0.6 is 22.7 Å². The summed E-state index contributed by atoms with van der Waals surface area (Å²) in [6.07, 6.45) is 3.41. The molecule has 0 atom stereocenters. The lowest BCUT2D eigenvalue weighted by Crippen LogP contribution is -2.11. The third-order valence-electron chi connectivity index (χ3n) is 4.69. The van der Waals surface area contributed by atoms with E-state index < -0.39 is 19.9 Å². The standard InChI is InChI=1S/C22H15N3O4S4/c26-32(27,17-7-2-1-3-8-17)20-9-10-21(31-20)33(28,29)25-16-6-4-5-15(13-16)22-24-18-11-12-23-14-19(18)30-22/h1-14,25H. The molecular weight excluding hydrogens is 499 g/mol. The average molecular weight is 514 g/mol. The van der Waals surface area contributed by atoms with Crippen molar-refractivity contribution >= 4 is 58.4 Å². The number of nitrogens with one attached hydrogen (secondary N) is 1. The van der Waals surface area contributed by atoms with Crippen LogP contribution < -0.4 is 4.72 Å². The smallest absolute Gasteiger partial charge is 0.271 e. The highest BCUT2D eigenvalue weighted by molar-refractivity contribution is 7.96. The first-order valence-electron chi connectivity index (χ1n) is 9.57. The first kappa shape index (κ1) is 21.7. The molecule has 11 heteroatoms. The number of hydrogen-bond acceptors (Lipinski definition) is 8. The van der Waals surface area contributed by atoms with Crippen molar-refractivity contribution in [1.29, 1.82) is 0 Å². The summed E-state index contributed by atoms with van der Waals surface area (Å²) in [5.41, 5.74) is 1.93. The molecule has 5 rings (SSSR count). The van der Waals surface area contributed by atoms with Gasteiger partial charge in [-0.25, -0.2) is 21.8 Å². The normalized spacial score (nSPS) is 12.1. The number of hydrogen-bond donors (Lipinski definition) is 1. The number of fused-ring (bicyclic) bond motifs is 1. The van der Waals surface area contributed by atoms with Gasteiger partial charge >= 0.3 is 0 Å². The average Bonchev–Trinajstić information content (AvgIpc) is 3.48. The molecule has 0 unspecified atom stereocenters. The van der Waals surface area contributed by atoms with Crippen molar-refractivity contribution < 1.29 is 16.8 Å². The molecule has 3 aromatic heterocycles. The van der Waals surface area contributed by atoms with Gasteiger partial charge in [0.05, 0.1) is 15.1 Å². The Kier molecular flexibility index (Phi) is 5.49. The Morgan fingerprint density at radius 1 is 0.788 bits per heavy atom. The molecule has 0 saturated carbocycles. The van der Waals surface area contributed by atoms with E-state index in [9.17, 15) is 16.8 Å². The molecular formula is C22H15N3O4S4. The fourth-order valence-electron chi connectivity index (χ4n) is 3.13. The third-order valence-corrected chi connectivity index (χ3v) is 11.0. The van der Waals surface area contributed by atoms with Crippen LogP contribution in [0.5, 0.6) is 0 Å². The Bertz CT molecular complexity index is 1640. The molecule has 3 heterocycles. The van der Waals surface area contributed by atoms with E-state index in [-0.39, 0.29) is 13.3 Å². The second kappa shape index (κ2) is 8.34. The first-order chi connectivity index (χ1) is 15.8. The lowest BCUT2D eigenvalue weighted by molar-refractivity contribution is 0.597. The Hall–Kier alpha value is -3.12. The minimum absolute atomic E-state index is 0.0362. The summed E-state index contributed by atoms with van der Waals surface area (Å²) in [4.78, 5) is 8.78. The van der Waals surface area contributed by atoms with Crippen LogP contribution in [-0.2, 0) is 19.9 Å². The molecule has 0 radical (unpaired) electrons. The Balaban J connectivity index is 1.43. The number of thiazole rings is 1. The van der Waals surface area contributed by atoms with Gasteiger partial charge in [-0.15, -0.1) is 22.7 Å². The monoisotopic (exact) mass is 513 g/mol. The summed E-state index contributed by atoms with van der Waals surface area (Å²) in [6, 6.07) is 19.2. The summed E-state index contributed by atoms with van der Waals surface area (Å²) < 4.78 is 54.8. The van der Waals surface area contributed by atoms with Crippen LogP contribution in [0.25, 0.3) is 20.8 Å². The zero-order valence-electron chi connectivity index (χ0n) is 16.7. The van der Waals surface area contributed by atoms with E-state index in [0.29, 0.717) is 17.0 Å². The van der Waals surface area contributed by atoms with E-state index in [1.807, 2.05) is 12.1 Å².